The normalized spacial score (nSPS) is 29.4. The van der Waals surface area contributed by atoms with Gasteiger partial charge in [-0.1, -0.05) is 27.7 Å². The second-order valence-electron chi connectivity index (χ2n) is 4.21. The van der Waals surface area contributed by atoms with Crippen LogP contribution in [0.1, 0.15) is 34.6 Å². The Labute approximate surface area is 75.0 Å². The molecule has 0 aliphatic carbocycles. The molecule has 12 heavy (non-hydrogen) atoms. The van der Waals surface area contributed by atoms with Crippen molar-refractivity contribution >= 4 is 5.90 Å². The third kappa shape index (κ3) is 1.79. The molecule has 0 amide bonds. The Morgan fingerprint density at radius 2 is 1.75 bits per heavy atom. The van der Waals surface area contributed by atoms with E-state index in [9.17, 15) is 0 Å². The third-order valence-electron chi connectivity index (χ3n) is 2.31. The maximum Gasteiger partial charge on any atom is 0.180 e. The summed E-state index contributed by atoms with van der Waals surface area (Å²) in [6, 6.07) is 0.366. The van der Waals surface area contributed by atoms with Crippen LogP contribution in [0, 0.1) is 11.8 Å². The molecule has 2 heteroatoms. The second kappa shape index (κ2) is 3.46. The van der Waals surface area contributed by atoms with Crippen molar-refractivity contribution in [3.8, 4) is 0 Å². The monoisotopic (exact) mass is 169 g/mol. The smallest absolute Gasteiger partial charge is 0.180 e. The number of rotatable bonds is 2. The highest BCUT2D eigenvalue weighted by atomic mass is 16.5. The maximum absolute atomic E-state index is 5.65. The van der Waals surface area contributed by atoms with Crippen LogP contribution in [-0.4, -0.2) is 18.0 Å². The molecule has 1 heterocycles. The zero-order valence-electron chi connectivity index (χ0n) is 8.66. The van der Waals surface area contributed by atoms with Crippen molar-refractivity contribution in [3.63, 3.8) is 0 Å². The lowest BCUT2D eigenvalue weighted by atomic mass is 9.92. The van der Waals surface area contributed by atoms with Crippen LogP contribution in [-0.2, 0) is 4.74 Å². The Kier molecular flexibility index (Phi) is 2.76. The first-order chi connectivity index (χ1) is 5.52. The van der Waals surface area contributed by atoms with Gasteiger partial charge in [0.1, 0.15) is 6.10 Å². The molecular weight excluding hydrogens is 150 g/mol. The summed E-state index contributed by atoms with van der Waals surface area (Å²) < 4.78 is 5.65. The van der Waals surface area contributed by atoms with E-state index in [1.165, 1.54) is 0 Å². The van der Waals surface area contributed by atoms with E-state index in [0.29, 0.717) is 24.0 Å². The SMILES string of the molecule is CC1=NC(C(C)C)C(C(C)C)O1. The summed E-state index contributed by atoms with van der Waals surface area (Å²) in [5, 5.41) is 0. The maximum atomic E-state index is 5.65. The summed E-state index contributed by atoms with van der Waals surface area (Å²) in [5.41, 5.74) is 0. The molecule has 2 nitrogen and oxygen atoms in total. The van der Waals surface area contributed by atoms with Crippen LogP contribution in [0.4, 0.5) is 0 Å². The largest absolute Gasteiger partial charge is 0.475 e. The van der Waals surface area contributed by atoms with Crippen LogP contribution >= 0.6 is 0 Å². The van der Waals surface area contributed by atoms with Gasteiger partial charge in [-0.2, -0.15) is 0 Å². The van der Waals surface area contributed by atoms with E-state index in [-0.39, 0.29) is 0 Å². The lowest BCUT2D eigenvalue weighted by Gasteiger charge is -2.23. The van der Waals surface area contributed by atoms with Gasteiger partial charge >= 0.3 is 0 Å². The Morgan fingerprint density at radius 3 is 2.08 bits per heavy atom. The van der Waals surface area contributed by atoms with Crippen molar-refractivity contribution in [3.05, 3.63) is 0 Å². The van der Waals surface area contributed by atoms with Gasteiger partial charge in [0.05, 0.1) is 6.04 Å². The molecule has 0 aromatic carbocycles. The average Bonchev–Trinajstić information content (AvgIpc) is 2.31. The molecule has 0 aromatic heterocycles. The Balaban J connectivity index is 2.68. The first-order valence-corrected chi connectivity index (χ1v) is 4.73. The van der Waals surface area contributed by atoms with Gasteiger partial charge in [0.15, 0.2) is 5.90 Å². The molecule has 1 aliphatic rings. The number of hydrogen-bond acceptors (Lipinski definition) is 2. The molecular formula is C10H19NO. The van der Waals surface area contributed by atoms with Crippen molar-refractivity contribution in [2.75, 3.05) is 0 Å². The van der Waals surface area contributed by atoms with Crippen LogP contribution in [0.2, 0.25) is 0 Å². The average molecular weight is 169 g/mol. The van der Waals surface area contributed by atoms with Gasteiger partial charge in [0, 0.05) is 6.92 Å². The quantitative estimate of drug-likeness (QED) is 0.622. The molecule has 1 rings (SSSR count). The zero-order chi connectivity index (χ0) is 9.30. The van der Waals surface area contributed by atoms with Gasteiger partial charge in [0.2, 0.25) is 0 Å². The van der Waals surface area contributed by atoms with Crippen molar-refractivity contribution in [1.29, 1.82) is 0 Å². The molecule has 0 radical (unpaired) electrons. The van der Waals surface area contributed by atoms with Gasteiger partial charge in [0.25, 0.3) is 0 Å². The summed E-state index contributed by atoms with van der Waals surface area (Å²) >= 11 is 0. The molecule has 0 aromatic rings. The highest BCUT2D eigenvalue weighted by Gasteiger charge is 2.33. The van der Waals surface area contributed by atoms with E-state index in [1.54, 1.807) is 0 Å². The lowest BCUT2D eigenvalue weighted by Crippen LogP contribution is -2.31. The minimum absolute atomic E-state index is 0.296. The second-order valence-corrected chi connectivity index (χ2v) is 4.21. The van der Waals surface area contributed by atoms with Crippen molar-refractivity contribution < 1.29 is 4.74 Å². The van der Waals surface area contributed by atoms with Crippen molar-refractivity contribution in [2.24, 2.45) is 16.8 Å². The molecule has 0 spiro atoms. The third-order valence-corrected chi connectivity index (χ3v) is 2.31. The first kappa shape index (κ1) is 9.56. The fourth-order valence-electron chi connectivity index (χ4n) is 1.64. The minimum atomic E-state index is 0.296. The number of nitrogens with zero attached hydrogens (tertiary/aromatic N) is 1. The molecule has 0 fully saturated rings. The van der Waals surface area contributed by atoms with Crippen LogP contribution in [0.25, 0.3) is 0 Å². The highest BCUT2D eigenvalue weighted by molar-refractivity contribution is 5.75. The van der Waals surface area contributed by atoms with Gasteiger partial charge in [-0.3, -0.25) is 0 Å². The molecule has 2 unspecified atom stereocenters. The molecule has 0 N–H and O–H groups in total. The molecule has 1 aliphatic heterocycles. The van der Waals surface area contributed by atoms with Gasteiger partial charge in [-0.05, 0) is 11.8 Å². The summed E-state index contributed by atoms with van der Waals surface area (Å²) in [5.74, 6) is 1.99. The van der Waals surface area contributed by atoms with Gasteiger partial charge in [-0.15, -0.1) is 0 Å². The van der Waals surface area contributed by atoms with E-state index in [2.05, 4.69) is 32.7 Å². The molecule has 0 saturated carbocycles. The fraction of sp³-hybridized carbons (Fsp3) is 0.900. The standard InChI is InChI=1S/C10H19NO/c1-6(2)9-10(7(3)4)12-8(5)11-9/h6-7,9-10H,1-5H3. The van der Waals surface area contributed by atoms with E-state index in [1.807, 2.05) is 6.92 Å². The van der Waals surface area contributed by atoms with E-state index in [4.69, 9.17) is 4.74 Å². The number of aliphatic imine (C=N–C) groups is 1. The van der Waals surface area contributed by atoms with Crippen LogP contribution in [0.5, 0.6) is 0 Å². The van der Waals surface area contributed by atoms with E-state index in [0.717, 1.165) is 5.90 Å². The van der Waals surface area contributed by atoms with Crippen LogP contribution in [0.3, 0.4) is 0 Å². The van der Waals surface area contributed by atoms with Gasteiger partial charge < -0.3 is 4.74 Å². The summed E-state index contributed by atoms with van der Waals surface area (Å²) in [6.07, 6.45) is 0.296. The first-order valence-electron chi connectivity index (χ1n) is 4.73. The summed E-state index contributed by atoms with van der Waals surface area (Å²) in [6.45, 7) is 10.7. The fourth-order valence-corrected chi connectivity index (χ4v) is 1.64. The van der Waals surface area contributed by atoms with Crippen LogP contribution in [0.15, 0.2) is 4.99 Å². The van der Waals surface area contributed by atoms with Crippen LogP contribution < -0.4 is 0 Å². The van der Waals surface area contributed by atoms with Crippen molar-refractivity contribution in [2.45, 2.75) is 46.8 Å². The molecule has 70 valence electrons. The van der Waals surface area contributed by atoms with E-state index < -0.39 is 0 Å². The Hall–Kier alpha value is -0.530. The topological polar surface area (TPSA) is 21.6 Å². The zero-order valence-corrected chi connectivity index (χ0v) is 8.66. The predicted molar refractivity (Wildman–Crippen MR) is 51.4 cm³/mol. The summed E-state index contributed by atoms with van der Waals surface area (Å²) in [4.78, 5) is 4.49. The van der Waals surface area contributed by atoms with Crippen molar-refractivity contribution in [1.82, 2.24) is 0 Å². The summed E-state index contributed by atoms with van der Waals surface area (Å²) in [7, 11) is 0. The Bertz CT molecular complexity index is 184. The Morgan fingerprint density at radius 1 is 1.17 bits per heavy atom. The lowest BCUT2D eigenvalue weighted by molar-refractivity contribution is 0.123. The molecule has 2 atom stereocenters. The molecule has 0 saturated heterocycles. The highest BCUT2D eigenvalue weighted by Crippen LogP contribution is 2.25. The van der Waals surface area contributed by atoms with Gasteiger partial charge in [-0.25, -0.2) is 4.99 Å². The van der Waals surface area contributed by atoms with E-state index >= 15 is 0 Å². The number of hydrogen-bond donors (Lipinski definition) is 0. The molecule has 0 bridgehead atoms. The minimum Gasteiger partial charge on any atom is -0.475 e. The number of ether oxygens (including phenoxy) is 1. The predicted octanol–water partition coefficient (Wildman–Crippen LogP) is 2.48.